The maximum atomic E-state index is 13.0. The van der Waals surface area contributed by atoms with E-state index in [1.807, 2.05) is 26.0 Å². The van der Waals surface area contributed by atoms with Crippen LogP contribution in [0.5, 0.6) is 0 Å². The van der Waals surface area contributed by atoms with Crippen molar-refractivity contribution in [3.63, 3.8) is 0 Å². The molecule has 0 atom stereocenters. The summed E-state index contributed by atoms with van der Waals surface area (Å²) in [6, 6.07) is 5.60. The molecule has 0 aliphatic carbocycles. The van der Waals surface area contributed by atoms with E-state index in [2.05, 4.69) is 10.1 Å². The number of hydrogen-bond acceptors (Lipinski definition) is 3. The average molecular weight is 234 g/mol. The molecule has 2 aromatic rings. The van der Waals surface area contributed by atoms with E-state index in [4.69, 9.17) is 5.73 Å². The van der Waals surface area contributed by atoms with Gasteiger partial charge in [0.2, 0.25) is 5.95 Å². The molecule has 5 heteroatoms. The molecule has 1 aromatic heterocycles. The quantitative estimate of drug-likeness (QED) is 0.887. The van der Waals surface area contributed by atoms with Gasteiger partial charge in [0.25, 0.3) is 0 Å². The zero-order chi connectivity index (χ0) is 12.4. The standard InChI is InChI=1S/C12H15FN4/c1-8(2)11-4-3-10(5-9(11)6-13)17-7-15-12(14)16-17/h3-5,7-8H,6H2,1-2H3,(H2,14,16). The Kier molecular flexibility index (Phi) is 3.08. The van der Waals surface area contributed by atoms with Gasteiger partial charge in [-0.05, 0) is 29.2 Å². The van der Waals surface area contributed by atoms with Crippen LogP contribution in [0.1, 0.15) is 30.9 Å². The van der Waals surface area contributed by atoms with Crippen LogP contribution >= 0.6 is 0 Å². The van der Waals surface area contributed by atoms with Crippen LogP contribution < -0.4 is 5.73 Å². The second-order valence-corrected chi connectivity index (χ2v) is 4.22. The van der Waals surface area contributed by atoms with E-state index in [9.17, 15) is 4.39 Å². The molecule has 0 unspecified atom stereocenters. The third-order valence-corrected chi connectivity index (χ3v) is 2.67. The first-order valence-electron chi connectivity index (χ1n) is 5.48. The van der Waals surface area contributed by atoms with Gasteiger partial charge >= 0.3 is 0 Å². The highest BCUT2D eigenvalue weighted by molar-refractivity contribution is 5.41. The maximum absolute atomic E-state index is 13.0. The summed E-state index contributed by atoms with van der Waals surface area (Å²) >= 11 is 0. The molecule has 1 aromatic carbocycles. The Labute approximate surface area is 99.3 Å². The van der Waals surface area contributed by atoms with Gasteiger partial charge in [-0.3, -0.25) is 0 Å². The number of anilines is 1. The lowest BCUT2D eigenvalue weighted by Gasteiger charge is -2.12. The minimum atomic E-state index is -0.481. The van der Waals surface area contributed by atoms with Gasteiger partial charge in [0.1, 0.15) is 13.0 Å². The highest BCUT2D eigenvalue weighted by Gasteiger charge is 2.09. The van der Waals surface area contributed by atoms with Crippen LogP contribution in [-0.4, -0.2) is 14.8 Å². The third kappa shape index (κ3) is 2.27. The molecule has 4 nitrogen and oxygen atoms in total. The normalized spacial score (nSPS) is 11.1. The van der Waals surface area contributed by atoms with E-state index in [0.29, 0.717) is 11.5 Å². The van der Waals surface area contributed by atoms with Crippen LogP contribution in [-0.2, 0) is 6.67 Å². The number of alkyl halides is 1. The number of halogens is 1. The van der Waals surface area contributed by atoms with Crippen molar-refractivity contribution in [3.05, 3.63) is 35.7 Å². The van der Waals surface area contributed by atoms with E-state index >= 15 is 0 Å². The summed E-state index contributed by atoms with van der Waals surface area (Å²) in [6.45, 7) is 3.61. The van der Waals surface area contributed by atoms with E-state index in [-0.39, 0.29) is 5.95 Å². The van der Waals surface area contributed by atoms with Crippen LogP contribution in [0, 0.1) is 0 Å². The average Bonchev–Trinajstić information content (AvgIpc) is 2.75. The zero-order valence-corrected chi connectivity index (χ0v) is 9.89. The zero-order valence-electron chi connectivity index (χ0n) is 9.89. The lowest BCUT2D eigenvalue weighted by molar-refractivity contribution is 0.480. The molecule has 0 bridgehead atoms. The summed E-state index contributed by atoms with van der Waals surface area (Å²) in [5.74, 6) is 0.510. The summed E-state index contributed by atoms with van der Waals surface area (Å²) in [5, 5.41) is 3.99. The van der Waals surface area contributed by atoms with Crippen molar-refractivity contribution in [3.8, 4) is 5.69 Å². The number of aromatic nitrogens is 3. The molecule has 0 radical (unpaired) electrons. The maximum Gasteiger partial charge on any atom is 0.239 e. The predicted molar refractivity (Wildman–Crippen MR) is 64.7 cm³/mol. The van der Waals surface area contributed by atoms with Gasteiger partial charge in [-0.25, -0.2) is 14.1 Å². The Morgan fingerprint density at radius 3 is 2.71 bits per heavy atom. The monoisotopic (exact) mass is 234 g/mol. The number of hydrogen-bond donors (Lipinski definition) is 1. The molecule has 0 saturated heterocycles. The van der Waals surface area contributed by atoms with Crippen LogP contribution in [0.15, 0.2) is 24.5 Å². The number of nitrogens with zero attached hydrogens (tertiary/aromatic N) is 3. The Morgan fingerprint density at radius 2 is 2.18 bits per heavy atom. The summed E-state index contributed by atoms with van der Waals surface area (Å²) < 4.78 is 14.5. The fourth-order valence-corrected chi connectivity index (χ4v) is 1.81. The highest BCUT2D eigenvalue weighted by Crippen LogP contribution is 2.23. The third-order valence-electron chi connectivity index (χ3n) is 2.67. The molecule has 2 rings (SSSR count). The van der Waals surface area contributed by atoms with Crippen LogP contribution in [0.2, 0.25) is 0 Å². The summed E-state index contributed by atoms with van der Waals surface area (Å²) in [6.07, 6.45) is 1.52. The van der Waals surface area contributed by atoms with Crippen molar-refractivity contribution in [2.24, 2.45) is 0 Å². The molecule has 0 amide bonds. The second kappa shape index (κ2) is 4.53. The van der Waals surface area contributed by atoms with Crippen LogP contribution in [0.3, 0.4) is 0 Å². The molecule has 0 fully saturated rings. The van der Waals surface area contributed by atoms with Crippen molar-refractivity contribution in [1.29, 1.82) is 0 Å². The smallest absolute Gasteiger partial charge is 0.239 e. The van der Waals surface area contributed by atoms with Gasteiger partial charge in [0, 0.05) is 0 Å². The van der Waals surface area contributed by atoms with Gasteiger partial charge in [-0.1, -0.05) is 19.9 Å². The summed E-state index contributed by atoms with van der Waals surface area (Å²) in [5.41, 5.74) is 7.92. The lowest BCUT2D eigenvalue weighted by atomic mass is 9.97. The number of rotatable bonds is 3. The Bertz CT molecular complexity index is 519. The van der Waals surface area contributed by atoms with E-state index < -0.39 is 6.67 Å². The SMILES string of the molecule is CC(C)c1ccc(-n2cnc(N)n2)cc1CF. The topological polar surface area (TPSA) is 56.7 Å². The van der Waals surface area contributed by atoms with Gasteiger partial charge in [0.05, 0.1) is 5.69 Å². The minimum absolute atomic E-state index is 0.208. The summed E-state index contributed by atoms with van der Waals surface area (Å²) in [7, 11) is 0. The number of benzene rings is 1. The Balaban J connectivity index is 2.44. The molecule has 0 aliphatic heterocycles. The van der Waals surface area contributed by atoms with Crippen molar-refractivity contribution >= 4 is 5.95 Å². The largest absolute Gasteiger partial charge is 0.366 e. The van der Waals surface area contributed by atoms with Gasteiger partial charge in [-0.15, -0.1) is 5.10 Å². The van der Waals surface area contributed by atoms with Crippen molar-refractivity contribution in [2.45, 2.75) is 26.4 Å². The lowest BCUT2D eigenvalue weighted by Crippen LogP contribution is -2.00. The molecular weight excluding hydrogens is 219 g/mol. The first-order chi connectivity index (χ1) is 8.11. The van der Waals surface area contributed by atoms with Crippen molar-refractivity contribution < 1.29 is 4.39 Å². The molecule has 90 valence electrons. The van der Waals surface area contributed by atoms with Gasteiger partial charge in [-0.2, -0.15) is 0 Å². The van der Waals surface area contributed by atoms with E-state index in [1.54, 1.807) is 10.7 Å². The molecule has 0 saturated carbocycles. The Hall–Kier alpha value is -1.91. The van der Waals surface area contributed by atoms with E-state index in [0.717, 1.165) is 11.3 Å². The predicted octanol–water partition coefficient (Wildman–Crippen LogP) is 2.44. The van der Waals surface area contributed by atoms with Crippen LogP contribution in [0.4, 0.5) is 10.3 Å². The molecule has 0 spiro atoms. The second-order valence-electron chi connectivity index (χ2n) is 4.22. The van der Waals surface area contributed by atoms with Crippen LogP contribution in [0.25, 0.3) is 5.69 Å². The molecule has 17 heavy (non-hydrogen) atoms. The number of nitrogen functional groups attached to an aromatic ring is 1. The van der Waals surface area contributed by atoms with Gasteiger partial charge < -0.3 is 5.73 Å². The fourth-order valence-electron chi connectivity index (χ4n) is 1.81. The Morgan fingerprint density at radius 1 is 1.41 bits per heavy atom. The van der Waals surface area contributed by atoms with E-state index in [1.165, 1.54) is 6.33 Å². The molecule has 0 aliphatic rings. The highest BCUT2D eigenvalue weighted by atomic mass is 19.1. The summed E-state index contributed by atoms with van der Waals surface area (Å²) in [4.78, 5) is 3.84. The van der Waals surface area contributed by atoms with Crippen molar-refractivity contribution in [2.75, 3.05) is 5.73 Å². The molecule has 2 N–H and O–H groups in total. The van der Waals surface area contributed by atoms with Gasteiger partial charge in [0.15, 0.2) is 0 Å². The number of nitrogens with two attached hydrogens (primary N) is 1. The molecular formula is C12H15FN4. The first-order valence-corrected chi connectivity index (χ1v) is 5.48. The first kappa shape index (κ1) is 11.6. The fraction of sp³-hybridized carbons (Fsp3) is 0.333. The molecule has 1 heterocycles. The minimum Gasteiger partial charge on any atom is -0.366 e. The van der Waals surface area contributed by atoms with Crippen molar-refractivity contribution in [1.82, 2.24) is 14.8 Å².